The molecular formula is C24H27N3O4. The van der Waals surface area contributed by atoms with Crippen LogP contribution in [0.3, 0.4) is 0 Å². The minimum atomic E-state index is -0.915. The smallest absolute Gasteiger partial charge is 0.349 e. The van der Waals surface area contributed by atoms with Gasteiger partial charge in [0.15, 0.2) is 6.61 Å². The van der Waals surface area contributed by atoms with Crippen LogP contribution in [0.1, 0.15) is 36.4 Å². The van der Waals surface area contributed by atoms with Crippen LogP contribution in [0.25, 0.3) is 6.08 Å². The standard InChI is InChI=1S/C24H27N3O4/c1-16(2)14-27-17(3)10-20(18(27)4)12-21(13-25)24(30)31-15-23(29)26-22(28)11-19-8-6-5-7-9-19/h5-10,12,16H,11,14-15H2,1-4H3,(H,26,28,29). The van der Waals surface area contributed by atoms with Crippen LogP contribution in [0.4, 0.5) is 0 Å². The minimum absolute atomic E-state index is 0.0376. The summed E-state index contributed by atoms with van der Waals surface area (Å²) in [6.07, 6.45) is 1.50. The van der Waals surface area contributed by atoms with E-state index in [1.165, 1.54) is 6.08 Å². The molecule has 1 N–H and O–H groups in total. The van der Waals surface area contributed by atoms with Crippen molar-refractivity contribution in [3.05, 3.63) is 64.5 Å². The topological polar surface area (TPSA) is 101 Å². The quantitative estimate of drug-likeness (QED) is 0.401. The van der Waals surface area contributed by atoms with E-state index < -0.39 is 24.4 Å². The molecule has 0 spiro atoms. The third-order valence-corrected chi connectivity index (χ3v) is 4.62. The zero-order chi connectivity index (χ0) is 23.0. The molecule has 1 aromatic heterocycles. The monoisotopic (exact) mass is 421 g/mol. The number of aromatic nitrogens is 1. The number of esters is 1. The van der Waals surface area contributed by atoms with Crippen molar-refractivity contribution in [3.8, 4) is 6.07 Å². The van der Waals surface area contributed by atoms with Gasteiger partial charge in [-0.3, -0.25) is 14.9 Å². The van der Waals surface area contributed by atoms with Crippen molar-refractivity contribution in [3.63, 3.8) is 0 Å². The molecule has 0 bridgehead atoms. The van der Waals surface area contributed by atoms with E-state index >= 15 is 0 Å². The predicted octanol–water partition coefficient (Wildman–Crippen LogP) is 3.10. The lowest BCUT2D eigenvalue weighted by molar-refractivity contribution is -0.145. The molecule has 2 rings (SSSR count). The summed E-state index contributed by atoms with van der Waals surface area (Å²) < 4.78 is 7.05. The molecule has 0 fully saturated rings. The van der Waals surface area contributed by atoms with Crippen LogP contribution >= 0.6 is 0 Å². The van der Waals surface area contributed by atoms with Gasteiger partial charge in [0, 0.05) is 17.9 Å². The van der Waals surface area contributed by atoms with Crippen LogP contribution in [0.15, 0.2) is 42.0 Å². The summed E-state index contributed by atoms with van der Waals surface area (Å²) in [6, 6.07) is 12.7. The first-order chi connectivity index (χ1) is 14.7. The minimum Gasteiger partial charge on any atom is -0.451 e. The molecule has 0 aliphatic carbocycles. The summed E-state index contributed by atoms with van der Waals surface area (Å²) in [5.74, 6) is -1.71. The number of carbonyl (C=O) groups is 3. The van der Waals surface area contributed by atoms with Crippen molar-refractivity contribution in [1.82, 2.24) is 9.88 Å². The fraction of sp³-hybridized carbons (Fsp3) is 0.333. The summed E-state index contributed by atoms with van der Waals surface area (Å²) in [5.41, 5.74) is 3.26. The first kappa shape index (κ1) is 23.6. The average molecular weight is 421 g/mol. The van der Waals surface area contributed by atoms with E-state index in [0.29, 0.717) is 5.92 Å². The van der Waals surface area contributed by atoms with Crippen LogP contribution in [0, 0.1) is 31.1 Å². The molecule has 0 atom stereocenters. The Hall–Kier alpha value is -3.66. The molecule has 31 heavy (non-hydrogen) atoms. The van der Waals surface area contributed by atoms with E-state index in [9.17, 15) is 19.6 Å². The lowest BCUT2D eigenvalue weighted by Crippen LogP contribution is -2.35. The number of ether oxygens (including phenoxy) is 1. The van der Waals surface area contributed by atoms with Gasteiger partial charge in [-0.1, -0.05) is 44.2 Å². The van der Waals surface area contributed by atoms with E-state index in [0.717, 1.165) is 29.1 Å². The highest BCUT2D eigenvalue weighted by atomic mass is 16.5. The van der Waals surface area contributed by atoms with Gasteiger partial charge in [-0.25, -0.2) is 4.79 Å². The van der Waals surface area contributed by atoms with Gasteiger partial charge in [0.1, 0.15) is 11.6 Å². The van der Waals surface area contributed by atoms with Gasteiger partial charge in [-0.05, 0) is 43.0 Å². The molecule has 7 nitrogen and oxygen atoms in total. The Labute approximate surface area is 182 Å². The molecular weight excluding hydrogens is 394 g/mol. The molecule has 1 aromatic carbocycles. The number of aryl methyl sites for hydroxylation is 1. The van der Waals surface area contributed by atoms with Crippen LogP contribution in [0.2, 0.25) is 0 Å². The number of amides is 2. The summed E-state index contributed by atoms with van der Waals surface area (Å²) in [6.45, 7) is 8.30. The molecule has 0 unspecified atom stereocenters. The number of imide groups is 1. The Morgan fingerprint density at radius 2 is 1.84 bits per heavy atom. The summed E-state index contributed by atoms with van der Waals surface area (Å²) in [5, 5.41) is 11.5. The third-order valence-electron chi connectivity index (χ3n) is 4.62. The SMILES string of the molecule is Cc1cc(C=C(C#N)C(=O)OCC(=O)NC(=O)Cc2ccccc2)c(C)n1CC(C)C. The number of carbonyl (C=O) groups excluding carboxylic acids is 3. The Bertz CT molecular complexity index is 1030. The van der Waals surface area contributed by atoms with E-state index in [4.69, 9.17) is 4.74 Å². The van der Waals surface area contributed by atoms with Crippen molar-refractivity contribution in [2.75, 3.05) is 6.61 Å². The maximum atomic E-state index is 12.3. The van der Waals surface area contributed by atoms with Crippen molar-refractivity contribution in [2.24, 2.45) is 5.92 Å². The Morgan fingerprint density at radius 1 is 1.16 bits per heavy atom. The fourth-order valence-electron chi connectivity index (χ4n) is 3.14. The number of benzene rings is 1. The molecule has 0 aliphatic rings. The van der Waals surface area contributed by atoms with Gasteiger partial charge in [-0.2, -0.15) is 5.26 Å². The van der Waals surface area contributed by atoms with E-state index in [1.807, 2.05) is 32.0 Å². The highest BCUT2D eigenvalue weighted by molar-refractivity contribution is 6.01. The van der Waals surface area contributed by atoms with Gasteiger partial charge in [0.25, 0.3) is 5.91 Å². The van der Waals surface area contributed by atoms with Crippen molar-refractivity contribution < 1.29 is 19.1 Å². The zero-order valence-corrected chi connectivity index (χ0v) is 18.3. The van der Waals surface area contributed by atoms with Crippen LogP contribution < -0.4 is 5.32 Å². The summed E-state index contributed by atoms with van der Waals surface area (Å²) >= 11 is 0. The number of nitrogens with one attached hydrogen (secondary N) is 1. The van der Waals surface area contributed by atoms with Gasteiger partial charge in [-0.15, -0.1) is 0 Å². The van der Waals surface area contributed by atoms with Gasteiger partial charge in [0.2, 0.25) is 5.91 Å². The molecule has 0 saturated heterocycles. The normalized spacial score (nSPS) is 11.2. The molecule has 2 aromatic rings. The van der Waals surface area contributed by atoms with Crippen LogP contribution in [-0.4, -0.2) is 29.0 Å². The highest BCUT2D eigenvalue weighted by Crippen LogP contribution is 2.20. The Balaban J connectivity index is 1.96. The number of nitrogens with zero attached hydrogens (tertiary/aromatic N) is 2. The molecule has 162 valence electrons. The second-order valence-electron chi connectivity index (χ2n) is 7.71. The Kier molecular flexibility index (Phi) is 8.33. The lowest BCUT2D eigenvalue weighted by Gasteiger charge is -2.12. The first-order valence-corrected chi connectivity index (χ1v) is 10.0. The summed E-state index contributed by atoms with van der Waals surface area (Å²) in [7, 11) is 0. The third kappa shape index (κ3) is 6.96. The van der Waals surface area contributed by atoms with E-state index in [2.05, 4.69) is 23.7 Å². The molecule has 1 heterocycles. The molecule has 7 heteroatoms. The van der Waals surface area contributed by atoms with Crippen molar-refractivity contribution in [1.29, 1.82) is 5.26 Å². The Morgan fingerprint density at radius 3 is 2.45 bits per heavy atom. The molecule has 0 radical (unpaired) electrons. The number of hydrogen-bond acceptors (Lipinski definition) is 5. The van der Waals surface area contributed by atoms with Crippen LogP contribution in [-0.2, 0) is 32.1 Å². The lowest BCUT2D eigenvalue weighted by atomic mass is 10.1. The predicted molar refractivity (Wildman–Crippen MR) is 117 cm³/mol. The number of rotatable bonds is 8. The molecule has 0 saturated carbocycles. The second kappa shape index (κ2) is 10.9. The summed E-state index contributed by atoms with van der Waals surface area (Å²) in [4.78, 5) is 36.1. The highest BCUT2D eigenvalue weighted by Gasteiger charge is 2.17. The fourth-order valence-corrected chi connectivity index (χ4v) is 3.14. The largest absolute Gasteiger partial charge is 0.451 e. The van der Waals surface area contributed by atoms with Gasteiger partial charge >= 0.3 is 5.97 Å². The molecule has 2 amide bonds. The van der Waals surface area contributed by atoms with Gasteiger partial charge < -0.3 is 9.30 Å². The second-order valence-corrected chi connectivity index (χ2v) is 7.71. The molecule has 0 aliphatic heterocycles. The number of hydrogen-bond donors (Lipinski definition) is 1. The maximum absolute atomic E-state index is 12.3. The maximum Gasteiger partial charge on any atom is 0.349 e. The first-order valence-electron chi connectivity index (χ1n) is 10.0. The van der Waals surface area contributed by atoms with Gasteiger partial charge in [0.05, 0.1) is 6.42 Å². The van der Waals surface area contributed by atoms with Crippen molar-refractivity contribution in [2.45, 2.75) is 40.7 Å². The average Bonchev–Trinajstić information content (AvgIpc) is 2.97. The van der Waals surface area contributed by atoms with Crippen LogP contribution in [0.5, 0.6) is 0 Å². The van der Waals surface area contributed by atoms with E-state index in [1.54, 1.807) is 24.3 Å². The van der Waals surface area contributed by atoms with Crippen molar-refractivity contribution >= 4 is 23.9 Å². The van der Waals surface area contributed by atoms with E-state index in [-0.39, 0.29) is 12.0 Å². The zero-order valence-electron chi connectivity index (χ0n) is 18.3. The number of nitriles is 1.